The summed E-state index contributed by atoms with van der Waals surface area (Å²) in [4.78, 5) is 12.9. The van der Waals surface area contributed by atoms with Gasteiger partial charge in [-0.05, 0) is 12.5 Å². The van der Waals surface area contributed by atoms with Gasteiger partial charge in [-0.3, -0.25) is 4.79 Å². The van der Waals surface area contributed by atoms with Gasteiger partial charge in [0.25, 0.3) is 5.91 Å². The van der Waals surface area contributed by atoms with E-state index in [1.807, 2.05) is 5.38 Å². The molecule has 0 radical (unpaired) electrons. The van der Waals surface area contributed by atoms with Gasteiger partial charge in [-0.15, -0.1) is 30.5 Å². The van der Waals surface area contributed by atoms with E-state index in [4.69, 9.17) is 0 Å². The average Bonchev–Trinajstić information content (AvgIpc) is 2.52. The van der Waals surface area contributed by atoms with Gasteiger partial charge < -0.3 is 5.32 Å². The zero-order valence-corrected chi connectivity index (χ0v) is 8.83. The minimum Gasteiger partial charge on any atom is -0.351 e. The smallest absolute Gasteiger partial charge is 0.261 e. The third kappa shape index (κ3) is 3.24. The van der Waals surface area contributed by atoms with Crippen molar-refractivity contribution in [3.8, 4) is 0 Å². The van der Waals surface area contributed by atoms with Crippen molar-refractivity contribution in [3.63, 3.8) is 0 Å². The lowest BCUT2D eigenvalue weighted by molar-refractivity contribution is 0.0958. The minimum atomic E-state index is -0.0350. The molecule has 1 heterocycles. The number of carbonyl (C=O) groups is 1. The van der Waals surface area contributed by atoms with Crippen molar-refractivity contribution in [1.82, 2.24) is 5.32 Å². The van der Waals surface area contributed by atoms with Crippen LogP contribution in [0.1, 0.15) is 16.1 Å². The number of amides is 1. The Morgan fingerprint density at radius 1 is 1.77 bits per heavy atom. The first-order chi connectivity index (χ1) is 6.24. The van der Waals surface area contributed by atoms with E-state index in [1.165, 1.54) is 11.3 Å². The predicted molar refractivity (Wildman–Crippen MR) is 58.7 cm³/mol. The Hall–Kier alpha value is -0.740. The molecule has 2 nitrogen and oxygen atoms in total. The van der Waals surface area contributed by atoms with Crippen molar-refractivity contribution in [3.05, 3.63) is 29.0 Å². The molecule has 0 unspecified atom stereocenters. The summed E-state index contributed by atoms with van der Waals surface area (Å²) in [6, 6.07) is 1.76. The second-order valence-electron chi connectivity index (χ2n) is 2.50. The number of thiol groups is 1. The zero-order valence-electron chi connectivity index (χ0n) is 7.12. The second kappa shape index (κ2) is 5.09. The predicted octanol–water partition coefficient (Wildman–Crippen LogP) is 2.34. The molecule has 13 heavy (non-hydrogen) atoms. The van der Waals surface area contributed by atoms with Crippen LogP contribution in [0, 0.1) is 0 Å². The molecule has 0 atom stereocenters. The zero-order chi connectivity index (χ0) is 9.68. The molecule has 1 rings (SSSR count). The lowest BCUT2D eigenvalue weighted by Crippen LogP contribution is -2.22. The molecular weight excluding hydrogens is 202 g/mol. The third-order valence-electron chi connectivity index (χ3n) is 1.44. The number of hydrogen-bond acceptors (Lipinski definition) is 3. The van der Waals surface area contributed by atoms with Gasteiger partial charge in [-0.1, -0.05) is 6.08 Å². The summed E-state index contributed by atoms with van der Waals surface area (Å²) in [5.41, 5.74) is 0. The minimum absolute atomic E-state index is 0.0350. The van der Waals surface area contributed by atoms with Crippen molar-refractivity contribution in [2.45, 2.75) is 11.3 Å². The van der Waals surface area contributed by atoms with Crippen molar-refractivity contribution in [2.24, 2.45) is 0 Å². The highest BCUT2D eigenvalue weighted by Gasteiger charge is 2.05. The Morgan fingerprint density at radius 3 is 3.08 bits per heavy atom. The van der Waals surface area contributed by atoms with Crippen LogP contribution >= 0.6 is 24.0 Å². The summed E-state index contributed by atoms with van der Waals surface area (Å²) < 4.78 is 0. The Bertz CT molecular complexity index is 306. The molecule has 0 spiro atoms. The van der Waals surface area contributed by atoms with Gasteiger partial charge in [-0.2, -0.15) is 0 Å². The Kier molecular flexibility index (Phi) is 4.05. The van der Waals surface area contributed by atoms with Crippen LogP contribution in [0.4, 0.5) is 0 Å². The van der Waals surface area contributed by atoms with Crippen LogP contribution in [0.5, 0.6) is 0 Å². The van der Waals surface area contributed by atoms with E-state index in [0.29, 0.717) is 11.4 Å². The molecule has 0 bridgehead atoms. The lowest BCUT2D eigenvalue weighted by atomic mass is 10.4. The fourth-order valence-corrected chi connectivity index (χ4v) is 1.88. The Labute approximate surface area is 87.1 Å². The molecule has 0 aromatic carbocycles. The maximum absolute atomic E-state index is 11.4. The Balaban J connectivity index is 2.44. The van der Waals surface area contributed by atoms with E-state index in [1.54, 1.807) is 12.1 Å². The largest absolute Gasteiger partial charge is 0.351 e. The number of hydrogen-bond donors (Lipinski definition) is 2. The molecule has 1 aromatic rings. The van der Waals surface area contributed by atoms with Crippen LogP contribution in [0.25, 0.3) is 0 Å². The quantitative estimate of drug-likeness (QED) is 0.449. The average molecular weight is 213 g/mol. The van der Waals surface area contributed by atoms with E-state index in [0.717, 1.165) is 11.3 Å². The lowest BCUT2D eigenvalue weighted by Gasteiger charge is -1.99. The molecule has 0 fully saturated rings. The molecule has 0 aliphatic rings. The summed E-state index contributed by atoms with van der Waals surface area (Å²) in [5.74, 6) is -0.0350. The van der Waals surface area contributed by atoms with Crippen molar-refractivity contribution in [1.29, 1.82) is 0 Å². The molecule has 4 heteroatoms. The maximum Gasteiger partial charge on any atom is 0.261 e. The first-order valence-electron chi connectivity index (χ1n) is 3.90. The van der Waals surface area contributed by atoms with Crippen molar-refractivity contribution >= 4 is 29.9 Å². The SMILES string of the molecule is C=CCCNC(=O)c1cc(S)cs1. The van der Waals surface area contributed by atoms with E-state index >= 15 is 0 Å². The molecule has 0 aliphatic heterocycles. The molecule has 1 amide bonds. The fourth-order valence-electron chi connectivity index (χ4n) is 0.820. The first kappa shape index (κ1) is 10.3. The summed E-state index contributed by atoms with van der Waals surface area (Å²) in [7, 11) is 0. The summed E-state index contributed by atoms with van der Waals surface area (Å²) in [6.45, 7) is 4.21. The van der Waals surface area contributed by atoms with Crippen LogP contribution in [-0.2, 0) is 0 Å². The highest BCUT2D eigenvalue weighted by molar-refractivity contribution is 7.80. The van der Waals surface area contributed by atoms with E-state index in [2.05, 4.69) is 24.5 Å². The van der Waals surface area contributed by atoms with Gasteiger partial charge in [0.1, 0.15) is 0 Å². The normalized spacial score (nSPS) is 9.62. The molecule has 0 aliphatic carbocycles. The topological polar surface area (TPSA) is 29.1 Å². The molecule has 0 saturated heterocycles. The van der Waals surface area contributed by atoms with Crippen LogP contribution in [0.15, 0.2) is 29.0 Å². The molecular formula is C9H11NOS2. The van der Waals surface area contributed by atoms with Crippen molar-refractivity contribution < 1.29 is 4.79 Å². The Morgan fingerprint density at radius 2 is 2.54 bits per heavy atom. The van der Waals surface area contributed by atoms with Crippen molar-refractivity contribution in [2.75, 3.05) is 6.54 Å². The highest BCUT2D eigenvalue weighted by atomic mass is 32.1. The second-order valence-corrected chi connectivity index (χ2v) is 3.93. The van der Waals surface area contributed by atoms with Crippen LogP contribution < -0.4 is 5.32 Å². The number of thiophene rings is 1. The van der Waals surface area contributed by atoms with Gasteiger partial charge in [-0.25, -0.2) is 0 Å². The van der Waals surface area contributed by atoms with Crippen LogP contribution in [0.3, 0.4) is 0 Å². The van der Waals surface area contributed by atoms with Crippen LogP contribution in [0.2, 0.25) is 0 Å². The molecule has 70 valence electrons. The van der Waals surface area contributed by atoms with Gasteiger partial charge in [0.15, 0.2) is 0 Å². The van der Waals surface area contributed by atoms with Crippen LogP contribution in [-0.4, -0.2) is 12.5 Å². The summed E-state index contributed by atoms with van der Waals surface area (Å²) in [5, 5.41) is 4.62. The third-order valence-corrected chi connectivity index (χ3v) is 2.81. The summed E-state index contributed by atoms with van der Waals surface area (Å²) in [6.07, 6.45) is 2.57. The monoisotopic (exact) mass is 213 g/mol. The van der Waals surface area contributed by atoms with Gasteiger partial charge in [0, 0.05) is 16.8 Å². The number of rotatable bonds is 4. The van der Waals surface area contributed by atoms with Gasteiger partial charge >= 0.3 is 0 Å². The number of nitrogens with one attached hydrogen (secondary N) is 1. The van der Waals surface area contributed by atoms with E-state index in [-0.39, 0.29) is 5.91 Å². The first-order valence-corrected chi connectivity index (χ1v) is 5.23. The molecule has 1 N–H and O–H groups in total. The number of carbonyl (C=O) groups excluding carboxylic acids is 1. The highest BCUT2D eigenvalue weighted by Crippen LogP contribution is 2.17. The van der Waals surface area contributed by atoms with Gasteiger partial charge in [0.05, 0.1) is 4.88 Å². The summed E-state index contributed by atoms with van der Waals surface area (Å²) >= 11 is 5.52. The molecule has 0 saturated carbocycles. The standard InChI is InChI=1S/C9H11NOS2/c1-2-3-4-10-9(11)8-5-7(12)6-13-8/h2,5-6,12H,1,3-4H2,(H,10,11). The van der Waals surface area contributed by atoms with E-state index < -0.39 is 0 Å². The van der Waals surface area contributed by atoms with Gasteiger partial charge in [0.2, 0.25) is 0 Å². The maximum atomic E-state index is 11.4. The fraction of sp³-hybridized carbons (Fsp3) is 0.222. The molecule has 1 aromatic heterocycles. The van der Waals surface area contributed by atoms with E-state index in [9.17, 15) is 4.79 Å².